The van der Waals surface area contributed by atoms with Crippen LogP contribution in [0.1, 0.15) is 25.8 Å². The van der Waals surface area contributed by atoms with E-state index in [0.29, 0.717) is 13.0 Å². The average molecular weight is 484 g/mol. The lowest BCUT2D eigenvalue weighted by Crippen LogP contribution is -2.51. The lowest BCUT2D eigenvalue weighted by molar-refractivity contribution is -0.139. The number of amides is 2. The number of hydrogen-bond acceptors (Lipinski definition) is 4. The summed E-state index contributed by atoms with van der Waals surface area (Å²) >= 11 is 6.16. The van der Waals surface area contributed by atoms with E-state index in [1.165, 1.54) is 42.2 Å². The SMILES string of the molecule is CCCNC(=O)C(C)N(Cc1ccccc1F)C(=O)CN(c1ccccc1Cl)S(C)(=O)=O. The molecule has 0 spiro atoms. The van der Waals surface area contributed by atoms with Crippen LogP contribution in [0.25, 0.3) is 0 Å². The fourth-order valence-electron chi connectivity index (χ4n) is 3.04. The molecule has 0 radical (unpaired) electrons. The van der Waals surface area contributed by atoms with Gasteiger partial charge in [0.25, 0.3) is 0 Å². The lowest BCUT2D eigenvalue weighted by atomic mass is 10.1. The van der Waals surface area contributed by atoms with Crippen LogP contribution in [0.2, 0.25) is 5.02 Å². The quantitative estimate of drug-likeness (QED) is 0.562. The molecule has 7 nitrogen and oxygen atoms in total. The second kappa shape index (κ2) is 11.3. The number of halogens is 2. The smallest absolute Gasteiger partial charge is 0.244 e. The molecule has 1 unspecified atom stereocenters. The number of carbonyl (C=O) groups is 2. The molecular weight excluding hydrogens is 457 g/mol. The molecule has 0 heterocycles. The van der Waals surface area contributed by atoms with E-state index in [1.807, 2.05) is 6.92 Å². The molecule has 0 saturated heterocycles. The summed E-state index contributed by atoms with van der Waals surface area (Å²) in [6, 6.07) is 11.2. The molecule has 0 aromatic heterocycles. The Balaban J connectivity index is 2.40. The maximum absolute atomic E-state index is 14.3. The normalized spacial score (nSPS) is 12.2. The van der Waals surface area contributed by atoms with E-state index in [4.69, 9.17) is 11.6 Å². The predicted octanol–water partition coefficient (Wildman–Crippen LogP) is 3.19. The number of sulfonamides is 1. The Morgan fingerprint density at radius 2 is 1.75 bits per heavy atom. The zero-order chi connectivity index (χ0) is 23.9. The van der Waals surface area contributed by atoms with Crippen LogP contribution < -0.4 is 9.62 Å². The first-order valence-corrected chi connectivity index (χ1v) is 12.3. The molecule has 2 amide bonds. The van der Waals surface area contributed by atoms with Crippen molar-refractivity contribution in [2.75, 3.05) is 23.7 Å². The van der Waals surface area contributed by atoms with Crippen molar-refractivity contribution in [2.45, 2.75) is 32.9 Å². The van der Waals surface area contributed by atoms with Gasteiger partial charge in [0.1, 0.15) is 18.4 Å². The van der Waals surface area contributed by atoms with Crippen molar-refractivity contribution in [2.24, 2.45) is 0 Å². The van der Waals surface area contributed by atoms with E-state index in [2.05, 4.69) is 5.32 Å². The molecule has 0 aliphatic rings. The van der Waals surface area contributed by atoms with Crippen molar-refractivity contribution in [1.29, 1.82) is 0 Å². The Morgan fingerprint density at radius 1 is 1.12 bits per heavy atom. The monoisotopic (exact) mass is 483 g/mol. The molecule has 2 aromatic rings. The van der Waals surface area contributed by atoms with Gasteiger partial charge in [-0.15, -0.1) is 0 Å². The second-order valence-electron chi connectivity index (χ2n) is 7.30. The van der Waals surface area contributed by atoms with Crippen molar-refractivity contribution in [3.8, 4) is 0 Å². The Kier molecular flexibility index (Phi) is 9.03. The number of rotatable bonds is 10. The van der Waals surface area contributed by atoms with Gasteiger partial charge in [-0.25, -0.2) is 12.8 Å². The standard InChI is InChI=1S/C22H27ClFN3O4S/c1-4-13-25-22(29)16(2)26(14-17-9-5-7-11-19(17)24)21(28)15-27(32(3,30)31)20-12-8-6-10-18(20)23/h5-12,16H,4,13-15H2,1-3H3,(H,25,29). The van der Waals surface area contributed by atoms with E-state index in [9.17, 15) is 22.4 Å². The summed E-state index contributed by atoms with van der Waals surface area (Å²) in [4.78, 5) is 27.0. The molecular formula is C22H27ClFN3O4S. The highest BCUT2D eigenvalue weighted by atomic mass is 35.5. The van der Waals surface area contributed by atoms with Crippen LogP contribution >= 0.6 is 11.6 Å². The van der Waals surface area contributed by atoms with E-state index in [0.717, 1.165) is 10.6 Å². The van der Waals surface area contributed by atoms with Crippen LogP contribution in [0.3, 0.4) is 0 Å². The van der Waals surface area contributed by atoms with Crippen molar-refractivity contribution in [3.63, 3.8) is 0 Å². The minimum atomic E-state index is -3.88. The fourth-order valence-corrected chi connectivity index (χ4v) is 4.19. The summed E-state index contributed by atoms with van der Waals surface area (Å²) in [7, 11) is -3.88. The minimum absolute atomic E-state index is 0.138. The molecule has 0 saturated carbocycles. The van der Waals surface area contributed by atoms with Gasteiger partial charge in [0.2, 0.25) is 21.8 Å². The zero-order valence-corrected chi connectivity index (χ0v) is 19.8. The van der Waals surface area contributed by atoms with Gasteiger partial charge in [0.15, 0.2) is 0 Å². The summed E-state index contributed by atoms with van der Waals surface area (Å²) < 4.78 is 40.1. The summed E-state index contributed by atoms with van der Waals surface area (Å²) in [5, 5.41) is 2.87. The number of carbonyl (C=O) groups excluding carboxylic acids is 2. The van der Waals surface area contributed by atoms with Crippen LogP contribution in [0.4, 0.5) is 10.1 Å². The lowest BCUT2D eigenvalue weighted by Gasteiger charge is -2.31. The van der Waals surface area contributed by atoms with E-state index in [1.54, 1.807) is 18.2 Å². The number of hydrogen-bond donors (Lipinski definition) is 1. The third-order valence-electron chi connectivity index (χ3n) is 4.82. The van der Waals surface area contributed by atoms with Gasteiger partial charge in [0.05, 0.1) is 17.0 Å². The third-order valence-corrected chi connectivity index (χ3v) is 6.26. The van der Waals surface area contributed by atoms with Crippen LogP contribution in [0, 0.1) is 5.82 Å². The van der Waals surface area contributed by atoms with Crippen LogP contribution in [0.5, 0.6) is 0 Å². The Hall–Kier alpha value is -2.65. The summed E-state index contributed by atoms with van der Waals surface area (Å²) in [6.07, 6.45) is 1.66. The first-order chi connectivity index (χ1) is 15.1. The third kappa shape index (κ3) is 6.67. The molecule has 1 atom stereocenters. The van der Waals surface area contributed by atoms with Gasteiger partial charge in [-0.3, -0.25) is 13.9 Å². The van der Waals surface area contributed by atoms with Crippen LogP contribution in [0.15, 0.2) is 48.5 Å². The molecule has 0 aliphatic carbocycles. The second-order valence-corrected chi connectivity index (χ2v) is 9.62. The minimum Gasteiger partial charge on any atom is -0.354 e. The highest BCUT2D eigenvalue weighted by Crippen LogP contribution is 2.27. The molecule has 32 heavy (non-hydrogen) atoms. The van der Waals surface area contributed by atoms with Crippen molar-refractivity contribution in [1.82, 2.24) is 10.2 Å². The van der Waals surface area contributed by atoms with E-state index >= 15 is 0 Å². The largest absolute Gasteiger partial charge is 0.354 e. The fraction of sp³-hybridized carbons (Fsp3) is 0.364. The van der Waals surface area contributed by atoms with Gasteiger partial charge in [0, 0.05) is 18.7 Å². The molecule has 0 aliphatic heterocycles. The Morgan fingerprint density at radius 3 is 2.34 bits per heavy atom. The van der Waals surface area contributed by atoms with Crippen LogP contribution in [-0.2, 0) is 26.2 Å². The van der Waals surface area contributed by atoms with Crippen molar-refractivity contribution >= 4 is 39.1 Å². The van der Waals surface area contributed by atoms with Gasteiger partial charge in [-0.1, -0.05) is 48.9 Å². The highest BCUT2D eigenvalue weighted by Gasteiger charge is 2.31. The first kappa shape index (κ1) is 25.6. The van der Waals surface area contributed by atoms with Crippen molar-refractivity contribution in [3.05, 3.63) is 64.9 Å². The maximum Gasteiger partial charge on any atom is 0.244 e. The van der Waals surface area contributed by atoms with E-state index in [-0.39, 0.29) is 22.8 Å². The van der Waals surface area contributed by atoms with Crippen LogP contribution in [-0.4, -0.2) is 50.5 Å². The molecule has 1 N–H and O–H groups in total. The van der Waals surface area contributed by atoms with Crippen molar-refractivity contribution < 1.29 is 22.4 Å². The summed E-state index contributed by atoms with van der Waals surface area (Å²) in [5.41, 5.74) is 0.346. The topological polar surface area (TPSA) is 86.8 Å². The summed E-state index contributed by atoms with van der Waals surface area (Å²) in [5.74, 6) is -1.62. The zero-order valence-electron chi connectivity index (χ0n) is 18.2. The Labute approximate surface area is 193 Å². The number of benzene rings is 2. The van der Waals surface area contributed by atoms with Gasteiger partial charge < -0.3 is 10.2 Å². The summed E-state index contributed by atoms with van der Waals surface area (Å²) in [6.45, 7) is 3.03. The number of para-hydroxylation sites is 1. The molecule has 10 heteroatoms. The first-order valence-electron chi connectivity index (χ1n) is 10.1. The van der Waals surface area contributed by atoms with Gasteiger partial charge >= 0.3 is 0 Å². The number of nitrogens with one attached hydrogen (secondary N) is 1. The molecule has 2 aromatic carbocycles. The highest BCUT2D eigenvalue weighted by molar-refractivity contribution is 7.92. The maximum atomic E-state index is 14.3. The predicted molar refractivity (Wildman–Crippen MR) is 123 cm³/mol. The number of anilines is 1. The average Bonchev–Trinajstić information content (AvgIpc) is 2.74. The molecule has 0 fully saturated rings. The molecule has 2 rings (SSSR count). The van der Waals surface area contributed by atoms with Gasteiger partial charge in [-0.05, 0) is 31.5 Å². The molecule has 0 bridgehead atoms. The Bertz CT molecular complexity index is 1060. The van der Waals surface area contributed by atoms with Gasteiger partial charge in [-0.2, -0.15) is 0 Å². The molecule has 174 valence electrons. The number of nitrogens with zero attached hydrogens (tertiary/aromatic N) is 2. The van der Waals surface area contributed by atoms with E-state index < -0.39 is 40.2 Å².